The number of rotatable bonds is 1. The molecule has 0 saturated carbocycles. The Morgan fingerprint density at radius 2 is 2.08 bits per heavy atom. The standard InChI is InChI=1S/C8H15N2.CNS/c1-7(2)10-6-5-9(4)8(10)3;2-1-3/h5-7H,1-4H3;/q+1;-1. The smallest absolute Gasteiger partial charge is 0.253 e. The van der Waals surface area contributed by atoms with E-state index < -0.39 is 0 Å². The van der Waals surface area contributed by atoms with Gasteiger partial charge in [-0.05, 0) is 13.8 Å². The molecule has 0 amide bonds. The van der Waals surface area contributed by atoms with Crippen molar-refractivity contribution in [2.45, 2.75) is 26.8 Å². The third kappa shape index (κ3) is 3.49. The van der Waals surface area contributed by atoms with Crippen LogP contribution in [0.25, 0.3) is 5.41 Å². The predicted molar refractivity (Wildman–Crippen MR) is 56.7 cm³/mol. The lowest BCUT2D eigenvalue weighted by molar-refractivity contribution is -0.677. The molecule has 0 saturated heterocycles. The van der Waals surface area contributed by atoms with Gasteiger partial charge in [-0.2, -0.15) is 5.16 Å². The minimum atomic E-state index is 0.571. The topological polar surface area (TPSA) is 31.1 Å². The van der Waals surface area contributed by atoms with Crippen LogP contribution in [-0.2, 0) is 7.05 Å². The molecular formula is C9H15N3S. The Hall–Kier alpha value is -0.990. The van der Waals surface area contributed by atoms with Gasteiger partial charge < -0.3 is 5.41 Å². The second kappa shape index (κ2) is 5.62. The molecule has 0 bridgehead atoms. The second-order valence-corrected chi connectivity index (χ2v) is 3.23. The number of thiocarbonyl (C=S) groups is 1. The van der Waals surface area contributed by atoms with Crippen LogP contribution in [0.2, 0.25) is 0 Å². The van der Waals surface area contributed by atoms with E-state index in [9.17, 15) is 0 Å². The zero-order valence-corrected chi connectivity index (χ0v) is 9.30. The highest BCUT2D eigenvalue weighted by atomic mass is 32.1. The molecule has 1 rings (SSSR count). The molecule has 0 aliphatic heterocycles. The molecule has 4 heteroatoms. The Kier molecular flexibility index (Phi) is 5.19. The minimum Gasteiger partial charge on any atom is -0.753 e. The maximum Gasteiger partial charge on any atom is 0.253 e. The highest BCUT2D eigenvalue weighted by Gasteiger charge is 2.10. The SMILES string of the molecule is Cc1n(C(C)C)cc[n+]1C.[N-]=C=S. The predicted octanol–water partition coefficient (Wildman–Crippen LogP) is 1.86. The van der Waals surface area contributed by atoms with Crippen LogP contribution in [0.4, 0.5) is 0 Å². The van der Waals surface area contributed by atoms with Crippen LogP contribution in [0.3, 0.4) is 0 Å². The lowest BCUT2D eigenvalue weighted by Crippen LogP contribution is -2.29. The largest absolute Gasteiger partial charge is 0.753 e. The zero-order chi connectivity index (χ0) is 10.4. The number of hydrogen-bond acceptors (Lipinski definition) is 1. The van der Waals surface area contributed by atoms with Gasteiger partial charge in [-0.15, -0.1) is 0 Å². The molecule has 0 aliphatic carbocycles. The van der Waals surface area contributed by atoms with Gasteiger partial charge in [-0.1, -0.05) is 12.2 Å². The number of aryl methyl sites for hydroxylation is 1. The first-order valence-corrected chi connectivity index (χ1v) is 4.49. The minimum absolute atomic E-state index is 0.571. The zero-order valence-electron chi connectivity index (χ0n) is 8.48. The first kappa shape index (κ1) is 12.0. The van der Waals surface area contributed by atoms with Crippen LogP contribution in [0.1, 0.15) is 25.7 Å². The lowest BCUT2D eigenvalue weighted by Gasteiger charge is -2.00. The normalized spacial score (nSPS) is 9.00. The summed E-state index contributed by atoms with van der Waals surface area (Å²) in [7, 11) is 2.06. The van der Waals surface area contributed by atoms with Gasteiger partial charge in [0.25, 0.3) is 5.82 Å². The fourth-order valence-corrected chi connectivity index (χ4v) is 1.12. The Balaban J connectivity index is 0.000000424. The summed E-state index contributed by atoms with van der Waals surface area (Å²) < 4.78 is 4.38. The quantitative estimate of drug-likeness (QED) is 0.384. The summed E-state index contributed by atoms with van der Waals surface area (Å²) in [4.78, 5) is 0. The van der Waals surface area contributed by atoms with E-state index in [0.29, 0.717) is 6.04 Å². The molecule has 0 atom stereocenters. The van der Waals surface area contributed by atoms with Crippen LogP contribution in [0.5, 0.6) is 0 Å². The summed E-state index contributed by atoms with van der Waals surface area (Å²) in [5.41, 5.74) is 0. The van der Waals surface area contributed by atoms with E-state index in [1.807, 2.05) is 0 Å². The molecule has 1 aromatic heterocycles. The van der Waals surface area contributed by atoms with Crippen molar-refractivity contribution in [3.05, 3.63) is 23.6 Å². The van der Waals surface area contributed by atoms with Crippen LogP contribution < -0.4 is 4.57 Å². The number of imidazole rings is 1. The second-order valence-electron chi connectivity index (χ2n) is 3.05. The van der Waals surface area contributed by atoms with E-state index >= 15 is 0 Å². The fourth-order valence-electron chi connectivity index (χ4n) is 1.12. The van der Waals surface area contributed by atoms with E-state index in [1.54, 1.807) is 0 Å². The van der Waals surface area contributed by atoms with Crippen molar-refractivity contribution in [2.24, 2.45) is 7.05 Å². The first-order chi connectivity index (χ1) is 6.04. The van der Waals surface area contributed by atoms with E-state index in [1.165, 1.54) is 11.0 Å². The van der Waals surface area contributed by atoms with Gasteiger partial charge in [0.1, 0.15) is 12.4 Å². The first-order valence-electron chi connectivity index (χ1n) is 4.08. The number of aromatic nitrogens is 2. The molecule has 0 spiro atoms. The van der Waals surface area contributed by atoms with Gasteiger partial charge in [-0.3, -0.25) is 0 Å². The van der Waals surface area contributed by atoms with Crippen LogP contribution >= 0.6 is 12.2 Å². The number of hydrogen-bond donors (Lipinski definition) is 0. The molecule has 1 aromatic rings. The maximum atomic E-state index is 7.13. The Labute approximate surface area is 84.5 Å². The van der Waals surface area contributed by atoms with E-state index in [2.05, 4.69) is 61.6 Å². The molecule has 13 heavy (non-hydrogen) atoms. The summed E-state index contributed by atoms with van der Waals surface area (Å²) in [5, 5.41) is 8.47. The molecule has 0 unspecified atom stereocenters. The lowest BCUT2D eigenvalue weighted by atomic mass is 10.4. The van der Waals surface area contributed by atoms with Crippen molar-refractivity contribution in [2.75, 3.05) is 0 Å². The van der Waals surface area contributed by atoms with Gasteiger partial charge >= 0.3 is 0 Å². The van der Waals surface area contributed by atoms with Gasteiger partial charge in [0.15, 0.2) is 0 Å². The van der Waals surface area contributed by atoms with Crippen LogP contribution in [-0.4, -0.2) is 9.73 Å². The summed E-state index contributed by atoms with van der Waals surface area (Å²) in [5.74, 6) is 1.30. The molecule has 0 aromatic carbocycles. The summed E-state index contributed by atoms with van der Waals surface area (Å²) >= 11 is 3.70. The van der Waals surface area contributed by atoms with Gasteiger partial charge in [0, 0.05) is 6.92 Å². The fraction of sp³-hybridized carbons (Fsp3) is 0.556. The average molecular weight is 197 g/mol. The van der Waals surface area contributed by atoms with E-state index in [-0.39, 0.29) is 0 Å². The molecule has 3 nitrogen and oxygen atoms in total. The highest BCUT2D eigenvalue weighted by Crippen LogP contribution is 2.04. The Morgan fingerprint density at radius 3 is 2.23 bits per heavy atom. The molecule has 0 N–H and O–H groups in total. The molecule has 72 valence electrons. The molecule has 0 radical (unpaired) electrons. The van der Waals surface area contributed by atoms with Crippen molar-refractivity contribution < 1.29 is 4.57 Å². The highest BCUT2D eigenvalue weighted by molar-refractivity contribution is 7.78. The van der Waals surface area contributed by atoms with E-state index in [0.717, 1.165) is 0 Å². The summed E-state index contributed by atoms with van der Waals surface area (Å²) in [6.45, 7) is 6.50. The van der Waals surface area contributed by atoms with Gasteiger partial charge in [0.05, 0.1) is 13.1 Å². The van der Waals surface area contributed by atoms with Gasteiger partial charge in [-0.25, -0.2) is 9.13 Å². The Bertz CT molecular complexity index is 296. The average Bonchev–Trinajstić information content (AvgIpc) is 2.34. The van der Waals surface area contributed by atoms with Crippen molar-refractivity contribution in [3.8, 4) is 0 Å². The molecule has 0 fully saturated rings. The Morgan fingerprint density at radius 1 is 1.62 bits per heavy atom. The third-order valence-electron chi connectivity index (χ3n) is 1.89. The number of isothiocyanates is 1. The molecule has 1 heterocycles. The van der Waals surface area contributed by atoms with E-state index in [4.69, 9.17) is 5.41 Å². The summed E-state index contributed by atoms with van der Waals surface area (Å²) in [6.07, 6.45) is 4.19. The van der Waals surface area contributed by atoms with Crippen LogP contribution in [0.15, 0.2) is 12.4 Å². The van der Waals surface area contributed by atoms with Crippen molar-refractivity contribution in [3.63, 3.8) is 0 Å². The van der Waals surface area contributed by atoms with Crippen molar-refractivity contribution in [1.29, 1.82) is 0 Å². The molecular weight excluding hydrogens is 182 g/mol. The number of nitrogens with zero attached hydrogens (tertiary/aromatic N) is 3. The molecule has 0 aliphatic rings. The maximum absolute atomic E-state index is 7.13. The summed E-state index contributed by atoms with van der Waals surface area (Å²) in [6, 6.07) is 0.571. The van der Waals surface area contributed by atoms with Crippen molar-refractivity contribution in [1.82, 2.24) is 4.57 Å². The van der Waals surface area contributed by atoms with Crippen molar-refractivity contribution >= 4 is 17.4 Å². The third-order valence-corrected chi connectivity index (χ3v) is 1.89. The monoisotopic (exact) mass is 197 g/mol. The van der Waals surface area contributed by atoms with Crippen LogP contribution in [0, 0.1) is 6.92 Å². The van der Waals surface area contributed by atoms with Gasteiger partial charge in [0.2, 0.25) is 0 Å².